The van der Waals surface area contributed by atoms with Crippen LogP contribution in [0.5, 0.6) is 11.5 Å². The lowest BCUT2D eigenvalue weighted by atomic mass is 10.1. The molecule has 2 aromatic carbocycles. The molecule has 1 N–H and O–H groups in total. The van der Waals surface area contributed by atoms with Crippen molar-refractivity contribution in [1.29, 1.82) is 0 Å². The van der Waals surface area contributed by atoms with E-state index in [0.29, 0.717) is 16.4 Å². The normalized spacial score (nSPS) is 10.3. The van der Waals surface area contributed by atoms with Crippen molar-refractivity contribution in [2.45, 2.75) is 18.2 Å². The number of hydrogen-bond donors (Lipinski definition) is 1. The maximum atomic E-state index is 11.4. The van der Waals surface area contributed by atoms with Gasteiger partial charge in [-0.05, 0) is 42.5 Å². The summed E-state index contributed by atoms with van der Waals surface area (Å²) in [6.07, 6.45) is 2.76. The third kappa shape index (κ3) is 3.14. The smallest absolute Gasteiger partial charge is 0.340 e. The van der Waals surface area contributed by atoms with Crippen LogP contribution in [0.3, 0.4) is 0 Å². The Labute approximate surface area is 122 Å². The zero-order valence-electron chi connectivity index (χ0n) is 11.4. The highest BCUT2D eigenvalue weighted by atomic mass is 32.2. The molecule has 2 rings (SSSR count). The van der Waals surface area contributed by atoms with Crippen molar-refractivity contribution >= 4 is 17.7 Å². The van der Waals surface area contributed by atoms with Crippen LogP contribution in [0.25, 0.3) is 0 Å². The molecule has 0 radical (unpaired) electrons. The first-order valence-electron chi connectivity index (χ1n) is 6.32. The third-order valence-corrected chi connectivity index (χ3v) is 3.74. The molecule has 0 aliphatic rings. The average Bonchev–Trinajstić information content (AvgIpc) is 2.46. The average molecular weight is 288 g/mol. The Kier molecular flexibility index (Phi) is 4.69. The molecule has 0 fully saturated rings. The van der Waals surface area contributed by atoms with Gasteiger partial charge in [-0.1, -0.05) is 25.1 Å². The second-order valence-corrected chi connectivity index (χ2v) is 5.09. The summed E-state index contributed by atoms with van der Waals surface area (Å²) in [6.45, 7) is 2.07. The first-order chi connectivity index (χ1) is 9.65. The molecule has 2 aromatic rings. The van der Waals surface area contributed by atoms with Crippen molar-refractivity contribution in [3.8, 4) is 11.5 Å². The number of carboxylic acid groups (broad SMARTS) is 1. The van der Waals surface area contributed by atoms with Crippen LogP contribution in [0.4, 0.5) is 0 Å². The zero-order valence-corrected chi connectivity index (χ0v) is 12.2. The standard InChI is InChI=1S/C16H16O3S/c1-3-11-6-4-7-12(10-11)19-13-8-5-9-14(20-2)15(13)16(17)18/h4-10H,3H2,1-2H3,(H,17,18). The summed E-state index contributed by atoms with van der Waals surface area (Å²) in [5.74, 6) is 0.0549. The van der Waals surface area contributed by atoms with Crippen molar-refractivity contribution in [1.82, 2.24) is 0 Å². The summed E-state index contributed by atoms with van der Waals surface area (Å²) in [7, 11) is 0. The third-order valence-electron chi connectivity index (χ3n) is 2.96. The summed E-state index contributed by atoms with van der Waals surface area (Å²) < 4.78 is 5.76. The lowest BCUT2D eigenvalue weighted by Crippen LogP contribution is -2.02. The number of ether oxygens (including phenoxy) is 1. The fourth-order valence-electron chi connectivity index (χ4n) is 1.93. The molecule has 0 saturated carbocycles. The molecule has 0 amide bonds. The van der Waals surface area contributed by atoms with E-state index in [1.807, 2.05) is 30.5 Å². The summed E-state index contributed by atoms with van der Waals surface area (Å²) in [5, 5.41) is 9.36. The van der Waals surface area contributed by atoms with Crippen LogP contribution in [0.2, 0.25) is 0 Å². The molecule has 104 valence electrons. The van der Waals surface area contributed by atoms with Gasteiger partial charge in [-0.25, -0.2) is 4.79 Å². The van der Waals surface area contributed by atoms with E-state index in [1.54, 1.807) is 18.2 Å². The fraction of sp³-hybridized carbons (Fsp3) is 0.188. The lowest BCUT2D eigenvalue weighted by Gasteiger charge is -2.12. The lowest BCUT2D eigenvalue weighted by molar-refractivity contribution is 0.0690. The Morgan fingerprint density at radius 1 is 1.25 bits per heavy atom. The SMILES string of the molecule is CCc1cccc(Oc2cccc(SC)c2C(=O)O)c1. The van der Waals surface area contributed by atoms with Crippen LogP contribution in [-0.2, 0) is 6.42 Å². The van der Waals surface area contributed by atoms with Gasteiger partial charge in [0.2, 0.25) is 0 Å². The Bertz CT molecular complexity index is 623. The van der Waals surface area contributed by atoms with E-state index in [9.17, 15) is 9.90 Å². The molecule has 4 heteroatoms. The Morgan fingerprint density at radius 3 is 2.65 bits per heavy atom. The van der Waals surface area contributed by atoms with Crippen LogP contribution in [0.1, 0.15) is 22.8 Å². The molecule has 0 aliphatic carbocycles. The maximum Gasteiger partial charge on any atom is 0.340 e. The van der Waals surface area contributed by atoms with Crippen LogP contribution in [0.15, 0.2) is 47.4 Å². The number of rotatable bonds is 5. The molecule has 20 heavy (non-hydrogen) atoms. The predicted octanol–water partition coefficient (Wildman–Crippen LogP) is 4.46. The van der Waals surface area contributed by atoms with Gasteiger partial charge in [0.1, 0.15) is 17.1 Å². The van der Waals surface area contributed by atoms with Crippen molar-refractivity contribution in [2.24, 2.45) is 0 Å². The molecule has 0 unspecified atom stereocenters. The summed E-state index contributed by atoms with van der Waals surface area (Å²) in [4.78, 5) is 12.1. The van der Waals surface area contributed by atoms with Crippen molar-refractivity contribution in [3.63, 3.8) is 0 Å². The summed E-state index contributed by atoms with van der Waals surface area (Å²) in [6, 6.07) is 13.0. The highest BCUT2D eigenvalue weighted by Crippen LogP contribution is 2.32. The largest absolute Gasteiger partial charge is 0.478 e. The molecule has 0 aromatic heterocycles. The van der Waals surface area contributed by atoms with Gasteiger partial charge in [0.25, 0.3) is 0 Å². The number of carboxylic acids is 1. The van der Waals surface area contributed by atoms with Crippen LogP contribution in [0, 0.1) is 0 Å². The number of carbonyl (C=O) groups is 1. The minimum atomic E-state index is -0.975. The summed E-state index contributed by atoms with van der Waals surface area (Å²) >= 11 is 1.40. The van der Waals surface area contributed by atoms with E-state index in [0.717, 1.165) is 12.0 Å². The maximum absolute atomic E-state index is 11.4. The second kappa shape index (κ2) is 6.48. The van der Waals surface area contributed by atoms with E-state index in [4.69, 9.17) is 4.74 Å². The Hall–Kier alpha value is -1.94. The van der Waals surface area contributed by atoms with Gasteiger partial charge >= 0.3 is 5.97 Å². The number of benzene rings is 2. The minimum absolute atomic E-state index is 0.210. The molecular formula is C16H16O3S. The zero-order chi connectivity index (χ0) is 14.5. The van der Waals surface area contributed by atoms with Crippen molar-refractivity contribution in [2.75, 3.05) is 6.26 Å². The molecule has 3 nitrogen and oxygen atoms in total. The van der Waals surface area contributed by atoms with Gasteiger partial charge in [-0.15, -0.1) is 11.8 Å². The van der Waals surface area contributed by atoms with Gasteiger partial charge in [-0.3, -0.25) is 0 Å². The number of aryl methyl sites for hydroxylation is 1. The number of thioether (sulfide) groups is 1. The van der Waals surface area contributed by atoms with E-state index in [1.165, 1.54) is 11.8 Å². The van der Waals surface area contributed by atoms with Gasteiger partial charge in [0, 0.05) is 4.90 Å². The number of aromatic carboxylic acids is 1. The highest BCUT2D eigenvalue weighted by molar-refractivity contribution is 7.98. The van der Waals surface area contributed by atoms with Crippen molar-refractivity contribution in [3.05, 3.63) is 53.6 Å². The molecule has 0 heterocycles. The molecule has 0 spiro atoms. The monoisotopic (exact) mass is 288 g/mol. The first-order valence-corrected chi connectivity index (χ1v) is 7.55. The van der Waals surface area contributed by atoms with Crippen LogP contribution < -0.4 is 4.74 Å². The van der Waals surface area contributed by atoms with Gasteiger partial charge in [0.05, 0.1) is 0 Å². The van der Waals surface area contributed by atoms with Gasteiger partial charge in [-0.2, -0.15) is 0 Å². The molecule has 0 bridgehead atoms. The molecule has 0 atom stereocenters. The van der Waals surface area contributed by atoms with Gasteiger partial charge < -0.3 is 9.84 Å². The van der Waals surface area contributed by atoms with Crippen LogP contribution >= 0.6 is 11.8 Å². The van der Waals surface area contributed by atoms with E-state index < -0.39 is 5.97 Å². The molecule has 0 aliphatic heterocycles. The Balaban J connectivity index is 2.40. The topological polar surface area (TPSA) is 46.5 Å². The summed E-state index contributed by atoms with van der Waals surface area (Å²) in [5.41, 5.74) is 1.36. The molecular weight excluding hydrogens is 272 g/mol. The first kappa shape index (κ1) is 14.5. The van der Waals surface area contributed by atoms with E-state index in [-0.39, 0.29) is 5.56 Å². The van der Waals surface area contributed by atoms with E-state index in [2.05, 4.69) is 6.92 Å². The highest BCUT2D eigenvalue weighted by Gasteiger charge is 2.16. The van der Waals surface area contributed by atoms with Crippen LogP contribution in [-0.4, -0.2) is 17.3 Å². The quantitative estimate of drug-likeness (QED) is 0.825. The van der Waals surface area contributed by atoms with E-state index >= 15 is 0 Å². The van der Waals surface area contributed by atoms with Crippen molar-refractivity contribution < 1.29 is 14.6 Å². The van der Waals surface area contributed by atoms with Gasteiger partial charge in [0.15, 0.2) is 0 Å². The Morgan fingerprint density at radius 2 is 2.00 bits per heavy atom. The minimum Gasteiger partial charge on any atom is -0.478 e. The number of hydrogen-bond acceptors (Lipinski definition) is 3. The fourth-order valence-corrected chi connectivity index (χ4v) is 2.54. The predicted molar refractivity (Wildman–Crippen MR) is 81.1 cm³/mol. The molecule has 0 saturated heterocycles. The second-order valence-electron chi connectivity index (χ2n) is 4.24.